The third-order valence-corrected chi connectivity index (χ3v) is 2.19. The number of rotatable bonds is 3. The number of hydrogen-bond acceptors (Lipinski definition) is 2. The summed E-state index contributed by atoms with van der Waals surface area (Å²) in [6.07, 6.45) is -2.60. The average molecular weight is 256 g/mol. The first-order chi connectivity index (χ1) is 8.24. The van der Waals surface area contributed by atoms with Gasteiger partial charge in [0.1, 0.15) is 0 Å². The third kappa shape index (κ3) is 3.44. The van der Waals surface area contributed by atoms with E-state index >= 15 is 0 Å². The van der Waals surface area contributed by atoms with Crippen LogP contribution in [0.15, 0.2) is 23.8 Å². The molecule has 0 saturated heterocycles. The van der Waals surface area contributed by atoms with Crippen LogP contribution in [0, 0.1) is 12.3 Å². The summed E-state index contributed by atoms with van der Waals surface area (Å²) in [7, 11) is 0. The molecular weight excluding hydrogens is 245 g/mol. The van der Waals surface area contributed by atoms with Gasteiger partial charge in [-0.1, -0.05) is 6.07 Å². The van der Waals surface area contributed by atoms with E-state index in [0.717, 1.165) is 18.2 Å². The first-order valence-electron chi connectivity index (χ1n) is 4.95. The number of carbonyl (C=O) groups excluding carboxylic acids is 1. The summed E-state index contributed by atoms with van der Waals surface area (Å²) in [5, 5.41) is 6.95. The number of carbonyl (C=O) groups is 1. The monoisotopic (exact) mass is 256 g/mol. The Kier molecular flexibility index (Phi) is 3.90. The highest BCUT2D eigenvalue weighted by molar-refractivity contribution is 6.14. The number of hydrogen-bond donors (Lipinski definition) is 2. The van der Waals surface area contributed by atoms with Gasteiger partial charge in [-0.25, -0.2) is 0 Å². The Labute approximate surface area is 102 Å². The zero-order chi connectivity index (χ0) is 13.9. The highest BCUT2D eigenvalue weighted by Crippen LogP contribution is 2.31. The SMILES string of the molecule is Cc1cc(/C=C(\C=N)C(N)=O)cc(C(F)(F)F)c1. The van der Waals surface area contributed by atoms with Crippen molar-refractivity contribution in [2.75, 3.05) is 0 Å². The van der Waals surface area contributed by atoms with E-state index in [9.17, 15) is 18.0 Å². The minimum absolute atomic E-state index is 0.159. The topological polar surface area (TPSA) is 66.9 Å². The van der Waals surface area contributed by atoms with Gasteiger partial charge in [0.25, 0.3) is 0 Å². The second-order valence-electron chi connectivity index (χ2n) is 3.74. The molecule has 0 heterocycles. The first-order valence-corrected chi connectivity index (χ1v) is 4.95. The number of aryl methyl sites for hydroxylation is 1. The van der Waals surface area contributed by atoms with E-state index in [1.165, 1.54) is 13.0 Å². The zero-order valence-corrected chi connectivity index (χ0v) is 9.51. The minimum Gasteiger partial charge on any atom is -0.366 e. The number of primary amides is 1. The lowest BCUT2D eigenvalue weighted by atomic mass is 10.0. The summed E-state index contributed by atoms with van der Waals surface area (Å²) >= 11 is 0. The van der Waals surface area contributed by atoms with Crippen LogP contribution in [0.2, 0.25) is 0 Å². The van der Waals surface area contributed by atoms with E-state index in [1.807, 2.05) is 0 Å². The van der Waals surface area contributed by atoms with E-state index in [4.69, 9.17) is 11.1 Å². The Balaban J connectivity index is 3.31. The number of nitrogens with one attached hydrogen (secondary N) is 1. The Morgan fingerprint density at radius 2 is 1.94 bits per heavy atom. The second kappa shape index (κ2) is 5.03. The molecule has 1 rings (SSSR count). The zero-order valence-electron chi connectivity index (χ0n) is 9.51. The van der Waals surface area contributed by atoms with Gasteiger partial charge in [0.15, 0.2) is 0 Å². The Morgan fingerprint density at radius 1 is 1.33 bits per heavy atom. The van der Waals surface area contributed by atoms with Crippen molar-refractivity contribution in [2.24, 2.45) is 5.73 Å². The van der Waals surface area contributed by atoms with Crippen molar-refractivity contribution in [3.05, 3.63) is 40.5 Å². The maximum atomic E-state index is 12.6. The van der Waals surface area contributed by atoms with Gasteiger partial charge < -0.3 is 11.1 Å². The molecule has 0 fully saturated rings. The summed E-state index contributed by atoms with van der Waals surface area (Å²) in [6.45, 7) is 1.51. The van der Waals surface area contributed by atoms with Crippen LogP contribution < -0.4 is 5.73 Å². The molecule has 1 aromatic carbocycles. The fourth-order valence-electron chi connectivity index (χ4n) is 1.42. The van der Waals surface area contributed by atoms with Crippen molar-refractivity contribution < 1.29 is 18.0 Å². The largest absolute Gasteiger partial charge is 0.416 e. The van der Waals surface area contributed by atoms with Crippen LogP contribution in [0.4, 0.5) is 13.2 Å². The molecule has 3 N–H and O–H groups in total. The third-order valence-electron chi connectivity index (χ3n) is 2.19. The molecule has 96 valence electrons. The number of alkyl halides is 3. The molecule has 18 heavy (non-hydrogen) atoms. The molecule has 0 saturated carbocycles. The fourth-order valence-corrected chi connectivity index (χ4v) is 1.42. The lowest BCUT2D eigenvalue weighted by molar-refractivity contribution is -0.137. The van der Waals surface area contributed by atoms with Crippen LogP contribution in [0.25, 0.3) is 6.08 Å². The molecule has 0 aromatic heterocycles. The average Bonchev–Trinajstić information content (AvgIpc) is 2.23. The smallest absolute Gasteiger partial charge is 0.366 e. The van der Waals surface area contributed by atoms with Gasteiger partial charge in [0, 0.05) is 6.21 Å². The lowest BCUT2D eigenvalue weighted by Crippen LogP contribution is -2.14. The van der Waals surface area contributed by atoms with Gasteiger partial charge in [0.2, 0.25) is 5.91 Å². The van der Waals surface area contributed by atoms with Crippen molar-refractivity contribution in [1.82, 2.24) is 0 Å². The van der Waals surface area contributed by atoms with Gasteiger partial charge in [-0.05, 0) is 36.3 Å². The van der Waals surface area contributed by atoms with Crippen molar-refractivity contribution in [3.63, 3.8) is 0 Å². The molecule has 0 atom stereocenters. The van der Waals surface area contributed by atoms with Gasteiger partial charge in [0.05, 0.1) is 11.1 Å². The molecule has 0 aliphatic heterocycles. The van der Waals surface area contributed by atoms with Crippen molar-refractivity contribution in [2.45, 2.75) is 13.1 Å². The van der Waals surface area contributed by atoms with Crippen molar-refractivity contribution in [1.29, 1.82) is 5.41 Å². The maximum Gasteiger partial charge on any atom is 0.416 e. The number of nitrogens with two attached hydrogens (primary N) is 1. The highest BCUT2D eigenvalue weighted by atomic mass is 19.4. The summed E-state index contributed by atoms with van der Waals surface area (Å²) in [4.78, 5) is 10.9. The Bertz CT molecular complexity index is 519. The summed E-state index contributed by atoms with van der Waals surface area (Å²) in [5.41, 5.74) is 4.60. The number of amides is 1. The lowest BCUT2D eigenvalue weighted by Gasteiger charge is -2.09. The quantitative estimate of drug-likeness (QED) is 0.633. The number of halogens is 3. The molecule has 0 aliphatic carbocycles. The molecule has 6 heteroatoms. The molecule has 0 radical (unpaired) electrons. The fraction of sp³-hybridized carbons (Fsp3) is 0.167. The van der Waals surface area contributed by atoms with Gasteiger partial charge in [-0.2, -0.15) is 13.2 Å². The first kappa shape index (κ1) is 14.0. The van der Waals surface area contributed by atoms with Gasteiger partial charge >= 0.3 is 6.18 Å². The van der Waals surface area contributed by atoms with Gasteiger partial charge in [-0.15, -0.1) is 0 Å². The van der Waals surface area contributed by atoms with Crippen LogP contribution in [0.3, 0.4) is 0 Å². The van der Waals surface area contributed by atoms with Crippen LogP contribution >= 0.6 is 0 Å². The molecule has 1 aromatic rings. The van der Waals surface area contributed by atoms with Crippen molar-refractivity contribution >= 4 is 18.2 Å². The predicted octanol–water partition coefficient (Wildman–Crippen LogP) is 2.53. The molecule has 0 spiro atoms. The number of benzene rings is 1. The molecule has 3 nitrogen and oxygen atoms in total. The van der Waals surface area contributed by atoms with E-state index in [0.29, 0.717) is 11.8 Å². The predicted molar refractivity (Wildman–Crippen MR) is 62.1 cm³/mol. The van der Waals surface area contributed by atoms with E-state index in [1.54, 1.807) is 0 Å². The molecule has 1 amide bonds. The van der Waals surface area contributed by atoms with Gasteiger partial charge in [-0.3, -0.25) is 4.79 Å². The van der Waals surface area contributed by atoms with Crippen LogP contribution in [0.1, 0.15) is 16.7 Å². The van der Waals surface area contributed by atoms with E-state index in [-0.39, 0.29) is 11.1 Å². The van der Waals surface area contributed by atoms with E-state index in [2.05, 4.69) is 0 Å². The van der Waals surface area contributed by atoms with Crippen molar-refractivity contribution in [3.8, 4) is 0 Å². The molecule has 0 unspecified atom stereocenters. The molecular formula is C12H11F3N2O. The normalized spacial score (nSPS) is 12.3. The standard InChI is InChI=1S/C12H11F3N2O/c1-7-2-8(4-9(6-16)11(17)18)5-10(3-7)12(13,14)15/h2-6,16H,1H3,(H2,17,18)/b9-4+,16-6?. The highest BCUT2D eigenvalue weighted by Gasteiger charge is 2.30. The van der Waals surface area contributed by atoms with Crippen LogP contribution in [0.5, 0.6) is 0 Å². The van der Waals surface area contributed by atoms with E-state index < -0.39 is 17.6 Å². The molecule has 0 aliphatic rings. The maximum absolute atomic E-state index is 12.6. The second-order valence-corrected chi connectivity index (χ2v) is 3.74. The minimum atomic E-state index is -4.45. The Morgan fingerprint density at radius 3 is 2.39 bits per heavy atom. The molecule has 0 bridgehead atoms. The summed E-state index contributed by atoms with van der Waals surface area (Å²) in [6, 6.07) is 3.38. The summed E-state index contributed by atoms with van der Waals surface area (Å²) < 4.78 is 37.7. The van der Waals surface area contributed by atoms with Crippen LogP contribution in [-0.4, -0.2) is 12.1 Å². The Hall–Kier alpha value is -2.11. The summed E-state index contributed by atoms with van der Waals surface area (Å²) in [5.74, 6) is -0.861. The van der Waals surface area contributed by atoms with Crippen LogP contribution in [-0.2, 0) is 11.0 Å².